The van der Waals surface area contributed by atoms with Crippen molar-refractivity contribution in [2.75, 3.05) is 33.4 Å². The minimum absolute atomic E-state index is 0.103. The van der Waals surface area contributed by atoms with E-state index in [1.807, 2.05) is 26.0 Å². The van der Waals surface area contributed by atoms with Crippen molar-refractivity contribution in [3.63, 3.8) is 0 Å². The second kappa shape index (κ2) is 8.91. The Balaban J connectivity index is 1.51. The Morgan fingerprint density at radius 1 is 1.20 bits per heavy atom. The summed E-state index contributed by atoms with van der Waals surface area (Å²) in [5, 5.41) is 11.8. The van der Waals surface area contributed by atoms with Gasteiger partial charge in [0.25, 0.3) is 0 Å². The number of hydrogen-bond acceptors (Lipinski definition) is 8. The number of aliphatic hydroxyl groups is 1. The van der Waals surface area contributed by atoms with Crippen LogP contribution in [-0.4, -0.2) is 53.4 Å². The van der Waals surface area contributed by atoms with Crippen LogP contribution in [0.5, 0.6) is 11.9 Å². The molecule has 0 spiro atoms. The Hall–Kier alpha value is -2.16. The van der Waals surface area contributed by atoms with Crippen molar-refractivity contribution in [1.82, 2.24) is 14.9 Å². The molecule has 2 aromatic rings. The molecule has 1 saturated heterocycles. The number of rotatable bonds is 9. The quantitative estimate of drug-likeness (QED) is 0.666. The van der Waals surface area contributed by atoms with Crippen molar-refractivity contribution in [2.24, 2.45) is 11.8 Å². The SMILES string of the molecule is CCOc1ncc(C2(O)CCC3CN(Cc4ccc(COC)o4)CC32)c(OCC)n1. The topological polar surface area (TPSA) is 90.1 Å². The smallest absolute Gasteiger partial charge is 0.319 e. The lowest BCUT2D eigenvalue weighted by molar-refractivity contribution is -0.0104. The summed E-state index contributed by atoms with van der Waals surface area (Å²) < 4.78 is 22.2. The van der Waals surface area contributed by atoms with Crippen LogP contribution in [0.2, 0.25) is 0 Å². The first-order valence-corrected chi connectivity index (χ1v) is 10.7. The van der Waals surface area contributed by atoms with Gasteiger partial charge in [0, 0.05) is 32.3 Å². The molecule has 0 aromatic carbocycles. The number of furan rings is 1. The summed E-state index contributed by atoms with van der Waals surface area (Å²) in [6, 6.07) is 4.24. The van der Waals surface area contributed by atoms with Gasteiger partial charge in [-0.3, -0.25) is 4.90 Å². The minimum Gasteiger partial charge on any atom is -0.478 e. The fraction of sp³-hybridized carbons (Fsp3) is 0.636. The average molecular weight is 418 g/mol. The molecule has 30 heavy (non-hydrogen) atoms. The molecule has 2 aromatic heterocycles. The van der Waals surface area contributed by atoms with Crippen molar-refractivity contribution in [1.29, 1.82) is 0 Å². The first-order valence-electron chi connectivity index (χ1n) is 10.7. The van der Waals surface area contributed by atoms with Crippen LogP contribution < -0.4 is 9.47 Å². The molecule has 2 fully saturated rings. The zero-order valence-electron chi connectivity index (χ0n) is 18.0. The minimum atomic E-state index is -1.00. The molecule has 1 aliphatic heterocycles. The zero-order valence-corrected chi connectivity index (χ0v) is 18.0. The molecule has 0 radical (unpaired) electrons. The predicted molar refractivity (Wildman–Crippen MR) is 109 cm³/mol. The Labute approximate surface area is 177 Å². The van der Waals surface area contributed by atoms with E-state index >= 15 is 0 Å². The Morgan fingerprint density at radius 3 is 2.77 bits per heavy atom. The third-order valence-electron chi connectivity index (χ3n) is 6.16. The molecule has 8 nitrogen and oxygen atoms in total. The van der Waals surface area contributed by atoms with Gasteiger partial charge < -0.3 is 23.7 Å². The summed E-state index contributed by atoms with van der Waals surface area (Å²) in [4.78, 5) is 11.1. The molecule has 0 amide bonds. The predicted octanol–water partition coefficient (Wildman–Crippen LogP) is 2.74. The van der Waals surface area contributed by atoms with E-state index in [0.717, 1.165) is 37.6 Å². The molecule has 1 aliphatic carbocycles. The van der Waals surface area contributed by atoms with Crippen molar-refractivity contribution in [3.05, 3.63) is 35.4 Å². The van der Waals surface area contributed by atoms with E-state index in [4.69, 9.17) is 18.6 Å². The van der Waals surface area contributed by atoms with E-state index < -0.39 is 5.60 Å². The summed E-state index contributed by atoms with van der Waals surface area (Å²) in [5.41, 5.74) is -0.332. The van der Waals surface area contributed by atoms with Crippen LogP contribution in [0, 0.1) is 11.8 Å². The number of hydrogen-bond donors (Lipinski definition) is 1. The highest BCUT2D eigenvalue weighted by atomic mass is 16.5. The Kier molecular flexibility index (Phi) is 6.26. The summed E-state index contributed by atoms with van der Waals surface area (Å²) in [6.07, 6.45) is 3.33. The fourth-order valence-corrected chi connectivity index (χ4v) is 4.89. The van der Waals surface area contributed by atoms with Gasteiger partial charge in [-0.25, -0.2) is 4.98 Å². The van der Waals surface area contributed by atoms with Crippen LogP contribution in [0.3, 0.4) is 0 Å². The molecule has 1 N–H and O–H groups in total. The first-order chi connectivity index (χ1) is 14.6. The molecular formula is C22H31N3O5. The number of likely N-dealkylation sites (tertiary alicyclic amines) is 1. The lowest BCUT2D eigenvalue weighted by Gasteiger charge is -2.31. The van der Waals surface area contributed by atoms with Gasteiger partial charge in [-0.15, -0.1) is 0 Å². The standard InChI is InChI=1S/C22H31N3O5/c1-4-28-20-18(10-23-21(24-20)29-5-2)22(26)9-8-15-11-25(13-19(15)22)12-16-6-7-17(30-16)14-27-3/h6-7,10,15,19,26H,4-5,8-9,11-14H2,1-3H3. The monoisotopic (exact) mass is 417 g/mol. The highest BCUT2D eigenvalue weighted by Crippen LogP contribution is 2.52. The molecule has 164 valence electrons. The Morgan fingerprint density at radius 2 is 2.00 bits per heavy atom. The van der Waals surface area contributed by atoms with E-state index in [0.29, 0.717) is 43.6 Å². The second-order valence-electron chi connectivity index (χ2n) is 8.06. The van der Waals surface area contributed by atoms with Gasteiger partial charge in [0.05, 0.1) is 25.3 Å². The molecule has 3 atom stereocenters. The number of nitrogens with zero attached hydrogens (tertiary/aromatic N) is 3. The maximum Gasteiger partial charge on any atom is 0.319 e. The molecule has 4 rings (SSSR count). The van der Waals surface area contributed by atoms with Gasteiger partial charge in [-0.1, -0.05) is 0 Å². The maximum atomic E-state index is 11.8. The first kappa shape index (κ1) is 21.1. The third-order valence-corrected chi connectivity index (χ3v) is 6.16. The van der Waals surface area contributed by atoms with E-state index in [1.165, 1.54) is 0 Å². The van der Waals surface area contributed by atoms with Crippen LogP contribution >= 0.6 is 0 Å². The Bertz CT molecular complexity index is 857. The van der Waals surface area contributed by atoms with Crippen LogP contribution in [0.1, 0.15) is 43.8 Å². The zero-order chi connectivity index (χ0) is 21.1. The summed E-state index contributed by atoms with van der Waals surface area (Å²) in [5.74, 6) is 2.70. The van der Waals surface area contributed by atoms with Gasteiger partial charge in [-0.2, -0.15) is 4.98 Å². The number of fused-ring (bicyclic) bond motifs is 1. The largest absolute Gasteiger partial charge is 0.478 e. The normalized spacial score (nSPS) is 26.1. The molecule has 0 bridgehead atoms. The van der Waals surface area contributed by atoms with Crippen molar-refractivity contribution >= 4 is 0 Å². The fourth-order valence-electron chi connectivity index (χ4n) is 4.89. The van der Waals surface area contributed by atoms with Gasteiger partial charge >= 0.3 is 6.01 Å². The lowest BCUT2D eigenvalue weighted by atomic mass is 9.83. The van der Waals surface area contributed by atoms with Crippen molar-refractivity contribution < 1.29 is 23.7 Å². The summed E-state index contributed by atoms with van der Waals surface area (Å²) in [6.45, 7) is 7.68. The molecule has 1 saturated carbocycles. The highest BCUT2D eigenvalue weighted by molar-refractivity contribution is 5.34. The van der Waals surface area contributed by atoms with Crippen LogP contribution in [0.15, 0.2) is 22.7 Å². The van der Waals surface area contributed by atoms with Gasteiger partial charge in [0.2, 0.25) is 5.88 Å². The van der Waals surface area contributed by atoms with E-state index in [9.17, 15) is 5.11 Å². The van der Waals surface area contributed by atoms with Gasteiger partial charge in [0.1, 0.15) is 23.7 Å². The van der Waals surface area contributed by atoms with E-state index in [1.54, 1.807) is 13.3 Å². The molecular weight excluding hydrogens is 386 g/mol. The van der Waals surface area contributed by atoms with Gasteiger partial charge in [0.15, 0.2) is 0 Å². The van der Waals surface area contributed by atoms with Crippen LogP contribution in [0.25, 0.3) is 0 Å². The highest BCUT2D eigenvalue weighted by Gasteiger charge is 2.54. The lowest BCUT2D eigenvalue weighted by Crippen LogP contribution is -2.35. The average Bonchev–Trinajstić information content (AvgIpc) is 3.41. The third kappa shape index (κ3) is 4.04. The number of ether oxygens (including phenoxy) is 3. The second-order valence-corrected chi connectivity index (χ2v) is 8.06. The van der Waals surface area contributed by atoms with E-state index in [2.05, 4.69) is 14.9 Å². The van der Waals surface area contributed by atoms with E-state index in [-0.39, 0.29) is 11.9 Å². The number of methoxy groups -OCH3 is 1. The molecule has 2 aliphatic rings. The molecule has 8 heteroatoms. The van der Waals surface area contributed by atoms with Gasteiger partial charge in [-0.05, 0) is 44.7 Å². The van der Waals surface area contributed by atoms with Crippen molar-refractivity contribution in [3.8, 4) is 11.9 Å². The maximum absolute atomic E-state index is 11.8. The van der Waals surface area contributed by atoms with Crippen LogP contribution in [0.4, 0.5) is 0 Å². The summed E-state index contributed by atoms with van der Waals surface area (Å²) >= 11 is 0. The number of aromatic nitrogens is 2. The van der Waals surface area contributed by atoms with Crippen molar-refractivity contribution in [2.45, 2.75) is 45.4 Å². The summed E-state index contributed by atoms with van der Waals surface area (Å²) in [7, 11) is 1.66. The van der Waals surface area contributed by atoms with Crippen LogP contribution in [-0.2, 0) is 23.5 Å². The molecule has 3 heterocycles. The molecule has 3 unspecified atom stereocenters.